The molecule has 10 heteroatoms. The molecule has 2 saturated heterocycles. The standard InChI is InChI=1S/C45H46ClNO7Si/c1-45(2,3)55(34-16-10-6-11-17-34,35-18-12-7-13-19-35)54-27-32-25-36-41(43(50)47(42(36)49)44(51)52-4)37-28-53-39(40(32)37)23-21-30(29-14-8-5-9-15-29)24-31-20-22-33(48)26-38(31)46/h5-20,22,24,26,36-37,39,41,48H,21,23,25,27-28H2,1-4H3/b30-24-/t36-,37+,39-,41-/m1/s1. The van der Waals surface area contributed by atoms with Crippen molar-refractivity contribution in [2.75, 3.05) is 20.3 Å². The third-order valence-electron chi connectivity index (χ3n) is 11.4. The molecular weight excluding hydrogens is 730 g/mol. The number of hydrogen-bond donors (Lipinski definition) is 1. The number of aromatic hydroxyl groups is 1. The average Bonchev–Trinajstić information content (AvgIpc) is 3.72. The summed E-state index contributed by atoms with van der Waals surface area (Å²) >= 11 is 6.57. The van der Waals surface area contributed by atoms with Crippen LogP contribution in [0.4, 0.5) is 4.79 Å². The van der Waals surface area contributed by atoms with Gasteiger partial charge in [-0.15, -0.1) is 0 Å². The highest BCUT2D eigenvalue weighted by Gasteiger charge is 2.59. The van der Waals surface area contributed by atoms with Gasteiger partial charge in [0.15, 0.2) is 0 Å². The van der Waals surface area contributed by atoms with E-state index in [1.54, 1.807) is 12.1 Å². The molecule has 0 aromatic heterocycles. The molecule has 3 aliphatic rings. The first-order valence-electron chi connectivity index (χ1n) is 18.7. The number of benzene rings is 4. The fourth-order valence-corrected chi connectivity index (χ4v) is 13.7. The molecule has 0 bridgehead atoms. The van der Waals surface area contributed by atoms with E-state index in [4.69, 9.17) is 25.5 Å². The Morgan fingerprint density at radius 3 is 2.11 bits per heavy atom. The van der Waals surface area contributed by atoms with Crippen LogP contribution in [0.15, 0.2) is 120 Å². The van der Waals surface area contributed by atoms with Gasteiger partial charge in [-0.25, -0.2) is 4.79 Å². The minimum absolute atomic E-state index is 0.0925. The average molecular weight is 776 g/mol. The van der Waals surface area contributed by atoms with Crippen molar-refractivity contribution in [2.45, 2.75) is 51.2 Å². The summed E-state index contributed by atoms with van der Waals surface area (Å²) in [5.41, 5.74) is 4.77. The number of amides is 3. The predicted octanol–water partition coefficient (Wildman–Crippen LogP) is 8.03. The van der Waals surface area contributed by atoms with Crippen LogP contribution in [0.25, 0.3) is 11.6 Å². The minimum Gasteiger partial charge on any atom is -0.508 e. The zero-order valence-corrected chi connectivity index (χ0v) is 33.3. The van der Waals surface area contributed by atoms with E-state index in [0.717, 1.165) is 38.2 Å². The van der Waals surface area contributed by atoms with E-state index in [2.05, 4.69) is 57.2 Å². The number of carbonyl (C=O) groups is 3. The molecule has 284 valence electrons. The number of nitrogens with zero attached hydrogens (tertiary/aromatic N) is 1. The Balaban J connectivity index is 1.29. The molecule has 4 aromatic rings. The summed E-state index contributed by atoms with van der Waals surface area (Å²) in [6.45, 7) is 7.16. The Morgan fingerprint density at radius 1 is 0.909 bits per heavy atom. The smallest absolute Gasteiger partial charge is 0.423 e. The van der Waals surface area contributed by atoms with Gasteiger partial charge in [-0.05, 0) is 86.8 Å². The first kappa shape index (κ1) is 38.5. The molecule has 0 unspecified atom stereocenters. The van der Waals surface area contributed by atoms with Gasteiger partial charge in [-0.1, -0.05) is 123 Å². The second-order valence-electron chi connectivity index (χ2n) is 15.5. The summed E-state index contributed by atoms with van der Waals surface area (Å²) < 4.78 is 18.9. The van der Waals surface area contributed by atoms with Gasteiger partial charge in [-0.3, -0.25) is 9.59 Å². The topological polar surface area (TPSA) is 102 Å². The molecule has 0 spiro atoms. The normalized spacial score (nSPS) is 21.5. The summed E-state index contributed by atoms with van der Waals surface area (Å²) in [5, 5.41) is 12.4. The first-order chi connectivity index (χ1) is 26.4. The summed E-state index contributed by atoms with van der Waals surface area (Å²) in [6, 6.07) is 35.8. The highest BCUT2D eigenvalue weighted by atomic mass is 35.5. The van der Waals surface area contributed by atoms with Crippen molar-refractivity contribution in [1.82, 2.24) is 4.90 Å². The number of rotatable bonds is 10. The Labute approximate surface area is 328 Å². The molecule has 3 amide bonds. The predicted molar refractivity (Wildman–Crippen MR) is 216 cm³/mol. The number of phenolic OH excluding ortho intramolecular Hbond substituents is 1. The lowest BCUT2D eigenvalue weighted by Crippen LogP contribution is -2.66. The maximum atomic E-state index is 13.9. The maximum Gasteiger partial charge on any atom is 0.423 e. The van der Waals surface area contributed by atoms with Gasteiger partial charge in [0.05, 0.1) is 43.3 Å². The Hall–Kier alpha value is -4.80. The zero-order valence-electron chi connectivity index (χ0n) is 31.5. The lowest BCUT2D eigenvalue weighted by Gasteiger charge is -2.44. The van der Waals surface area contributed by atoms with E-state index in [0.29, 0.717) is 22.8 Å². The second-order valence-corrected chi connectivity index (χ2v) is 20.3. The van der Waals surface area contributed by atoms with Crippen molar-refractivity contribution < 1.29 is 33.4 Å². The third-order valence-corrected chi connectivity index (χ3v) is 16.7. The van der Waals surface area contributed by atoms with Gasteiger partial charge >= 0.3 is 6.09 Å². The minimum atomic E-state index is -2.98. The molecule has 2 heterocycles. The van der Waals surface area contributed by atoms with E-state index in [1.807, 2.05) is 60.7 Å². The molecular formula is C45H46ClNO7Si. The summed E-state index contributed by atoms with van der Waals surface area (Å²) in [4.78, 5) is 41.2. The number of fused-ring (bicyclic) bond motifs is 3. The van der Waals surface area contributed by atoms with Crippen molar-refractivity contribution >= 4 is 59.8 Å². The van der Waals surface area contributed by atoms with Gasteiger partial charge < -0.3 is 19.0 Å². The highest BCUT2D eigenvalue weighted by molar-refractivity contribution is 6.99. The fourth-order valence-electron chi connectivity index (χ4n) is 8.89. The maximum absolute atomic E-state index is 13.9. The largest absolute Gasteiger partial charge is 0.508 e. The van der Waals surface area contributed by atoms with Crippen LogP contribution in [0.2, 0.25) is 10.1 Å². The molecule has 2 aliphatic heterocycles. The molecule has 4 aromatic carbocycles. The van der Waals surface area contributed by atoms with Crippen LogP contribution in [-0.4, -0.2) is 62.7 Å². The van der Waals surface area contributed by atoms with E-state index in [9.17, 15) is 19.5 Å². The van der Waals surface area contributed by atoms with Crippen molar-refractivity contribution in [3.05, 3.63) is 136 Å². The number of imide groups is 3. The van der Waals surface area contributed by atoms with Gasteiger partial charge in [0.1, 0.15) is 5.75 Å². The molecule has 1 aliphatic carbocycles. The highest BCUT2D eigenvalue weighted by Crippen LogP contribution is 2.51. The van der Waals surface area contributed by atoms with E-state index >= 15 is 0 Å². The van der Waals surface area contributed by atoms with Crippen LogP contribution in [0.1, 0.15) is 51.2 Å². The monoisotopic (exact) mass is 775 g/mol. The van der Waals surface area contributed by atoms with Gasteiger partial charge in [-0.2, -0.15) is 4.90 Å². The molecule has 2 fully saturated rings. The summed E-state index contributed by atoms with van der Waals surface area (Å²) in [6.07, 6.45) is 2.19. The number of hydrogen-bond acceptors (Lipinski definition) is 7. The SMILES string of the molecule is COC(=O)N1C(=O)[C@@H]2[C@@H](CC(CO[Si](c3ccccc3)(c3ccccc3)C(C)(C)C)=C3[C@@H](CC/C(=C/c4ccc(O)cc4Cl)c4ccccc4)OC[C@@H]32)C1=O. The van der Waals surface area contributed by atoms with Gasteiger partial charge in [0, 0.05) is 5.92 Å². The number of phenols is 1. The molecule has 4 atom stereocenters. The molecule has 0 saturated carbocycles. The van der Waals surface area contributed by atoms with Gasteiger partial charge in [0.2, 0.25) is 11.8 Å². The Kier molecular flexibility index (Phi) is 11.0. The number of ether oxygens (including phenoxy) is 2. The van der Waals surface area contributed by atoms with E-state index in [1.165, 1.54) is 13.2 Å². The van der Waals surface area contributed by atoms with E-state index < -0.39 is 44.0 Å². The van der Waals surface area contributed by atoms with Crippen LogP contribution < -0.4 is 10.4 Å². The fraction of sp³-hybridized carbons (Fsp3) is 0.311. The number of likely N-dealkylation sites (tertiary alicyclic amines) is 1. The van der Waals surface area contributed by atoms with Gasteiger partial charge in [0.25, 0.3) is 8.32 Å². The third kappa shape index (κ3) is 7.22. The van der Waals surface area contributed by atoms with Crippen LogP contribution in [-0.2, 0) is 23.5 Å². The molecule has 7 rings (SSSR count). The number of allylic oxidation sites excluding steroid dienone is 1. The summed E-state index contributed by atoms with van der Waals surface area (Å²) in [7, 11) is -1.81. The van der Waals surface area contributed by atoms with E-state index in [-0.39, 0.29) is 36.5 Å². The number of halogens is 1. The number of carbonyl (C=O) groups excluding carboxylic acids is 3. The van der Waals surface area contributed by atoms with Crippen LogP contribution in [0.3, 0.4) is 0 Å². The summed E-state index contributed by atoms with van der Waals surface area (Å²) in [5.74, 6) is -2.84. The Morgan fingerprint density at radius 2 is 1.53 bits per heavy atom. The lowest BCUT2D eigenvalue weighted by atomic mass is 9.69. The van der Waals surface area contributed by atoms with Crippen LogP contribution in [0.5, 0.6) is 5.75 Å². The van der Waals surface area contributed by atoms with Crippen molar-refractivity contribution in [1.29, 1.82) is 0 Å². The van der Waals surface area contributed by atoms with Crippen molar-refractivity contribution in [3.8, 4) is 5.75 Å². The van der Waals surface area contributed by atoms with Crippen LogP contribution in [0, 0.1) is 17.8 Å². The molecule has 55 heavy (non-hydrogen) atoms. The number of methoxy groups -OCH3 is 1. The zero-order chi connectivity index (χ0) is 38.9. The quantitative estimate of drug-likeness (QED) is 0.0754. The molecule has 1 N–H and O–H groups in total. The first-order valence-corrected chi connectivity index (χ1v) is 21.0. The van der Waals surface area contributed by atoms with Crippen molar-refractivity contribution in [3.63, 3.8) is 0 Å². The van der Waals surface area contributed by atoms with Crippen molar-refractivity contribution in [2.24, 2.45) is 17.8 Å². The van der Waals surface area contributed by atoms with Crippen LogP contribution >= 0.6 is 11.6 Å². The lowest BCUT2D eigenvalue weighted by molar-refractivity contribution is -0.137. The Bertz CT molecular complexity index is 2090. The second kappa shape index (κ2) is 15.7. The molecule has 0 radical (unpaired) electrons. The molecule has 8 nitrogen and oxygen atoms in total.